The van der Waals surface area contributed by atoms with E-state index in [-0.39, 0.29) is 4.90 Å². The molecule has 0 bridgehead atoms. The van der Waals surface area contributed by atoms with Gasteiger partial charge in [0.1, 0.15) is 6.33 Å². The summed E-state index contributed by atoms with van der Waals surface area (Å²) in [6.07, 6.45) is 9.33. The van der Waals surface area contributed by atoms with E-state index in [1.807, 2.05) is 12.1 Å². The maximum absolute atomic E-state index is 12.7. The Balaban J connectivity index is 1.58. The molecule has 1 aromatic carbocycles. The van der Waals surface area contributed by atoms with Gasteiger partial charge in [-0.3, -0.25) is 4.72 Å². The molecule has 0 amide bonds. The molecule has 0 spiro atoms. The van der Waals surface area contributed by atoms with Gasteiger partial charge in [0.25, 0.3) is 10.0 Å². The molecule has 3 aromatic rings. The lowest BCUT2D eigenvalue weighted by Gasteiger charge is -2.22. The topological polar surface area (TPSA) is 76.4 Å². The molecule has 1 N–H and O–H groups in total. The Morgan fingerprint density at radius 3 is 2.56 bits per heavy atom. The molecule has 0 radical (unpaired) electrons. The zero-order valence-corrected chi connectivity index (χ0v) is 14.6. The zero-order valence-electron chi connectivity index (χ0n) is 13.8. The first kappa shape index (κ1) is 16.1. The van der Waals surface area contributed by atoms with Crippen molar-refractivity contribution in [3.8, 4) is 0 Å². The highest BCUT2D eigenvalue weighted by Gasteiger charge is 2.19. The van der Waals surface area contributed by atoms with Crippen molar-refractivity contribution in [2.24, 2.45) is 0 Å². The van der Waals surface area contributed by atoms with Gasteiger partial charge in [-0.15, -0.1) is 0 Å². The van der Waals surface area contributed by atoms with E-state index < -0.39 is 10.0 Å². The van der Waals surface area contributed by atoms with Gasteiger partial charge in [0.05, 0.1) is 10.6 Å². The normalized spacial score (nSPS) is 16.2. The average molecular weight is 356 g/mol. The van der Waals surface area contributed by atoms with Gasteiger partial charge in [0.15, 0.2) is 5.65 Å². The van der Waals surface area contributed by atoms with Crippen LogP contribution < -0.4 is 4.72 Å². The molecular weight excluding hydrogens is 336 g/mol. The Morgan fingerprint density at radius 2 is 1.80 bits per heavy atom. The summed E-state index contributed by atoms with van der Waals surface area (Å²) < 4.78 is 29.5. The van der Waals surface area contributed by atoms with Crippen LogP contribution in [0.3, 0.4) is 0 Å². The smallest absolute Gasteiger partial charge is 0.262 e. The Labute approximate surface area is 147 Å². The van der Waals surface area contributed by atoms with Gasteiger partial charge in [-0.05, 0) is 48.6 Å². The van der Waals surface area contributed by atoms with Crippen molar-refractivity contribution in [1.82, 2.24) is 14.6 Å². The van der Waals surface area contributed by atoms with E-state index in [1.165, 1.54) is 48.5 Å². The molecule has 1 aliphatic rings. The molecule has 130 valence electrons. The van der Waals surface area contributed by atoms with Gasteiger partial charge in [0, 0.05) is 6.20 Å². The third-order valence-electron chi connectivity index (χ3n) is 4.82. The third kappa shape index (κ3) is 3.24. The fourth-order valence-corrected chi connectivity index (χ4v) is 4.55. The van der Waals surface area contributed by atoms with Gasteiger partial charge in [-0.2, -0.15) is 5.10 Å². The molecule has 2 aromatic heterocycles. The van der Waals surface area contributed by atoms with Crippen molar-refractivity contribution in [1.29, 1.82) is 0 Å². The van der Waals surface area contributed by atoms with E-state index in [2.05, 4.69) is 14.8 Å². The minimum atomic E-state index is -3.66. The van der Waals surface area contributed by atoms with Gasteiger partial charge in [-0.1, -0.05) is 31.4 Å². The van der Waals surface area contributed by atoms with Crippen molar-refractivity contribution in [3.63, 3.8) is 0 Å². The Morgan fingerprint density at radius 1 is 1.04 bits per heavy atom. The number of benzene rings is 1. The van der Waals surface area contributed by atoms with Crippen LogP contribution >= 0.6 is 0 Å². The number of aromatic nitrogens is 3. The number of nitrogens with zero attached hydrogens (tertiary/aromatic N) is 3. The number of fused-ring (bicyclic) bond motifs is 1. The Kier molecular flexibility index (Phi) is 4.17. The van der Waals surface area contributed by atoms with Crippen molar-refractivity contribution >= 4 is 21.4 Å². The summed E-state index contributed by atoms with van der Waals surface area (Å²) in [6.45, 7) is 0. The highest BCUT2D eigenvalue weighted by molar-refractivity contribution is 7.92. The van der Waals surface area contributed by atoms with Crippen LogP contribution in [0.5, 0.6) is 0 Å². The lowest BCUT2D eigenvalue weighted by atomic mass is 9.84. The monoisotopic (exact) mass is 356 g/mol. The second kappa shape index (κ2) is 6.48. The quantitative estimate of drug-likeness (QED) is 0.775. The third-order valence-corrected chi connectivity index (χ3v) is 6.20. The summed E-state index contributed by atoms with van der Waals surface area (Å²) in [4.78, 5) is 4.35. The fourth-order valence-electron chi connectivity index (χ4n) is 3.49. The highest BCUT2D eigenvalue weighted by atomic mass is 32.2. The minimum absolute atomic E-state index is 0.258. The molecular formula is C18H20N4O2S. The first-order valence-corrected chi connectivity index (χ1v) is 10.0. The summed E-state index contributed by atoms with van der Waals surface area (Å²) in [6, 6.07) is 10.7. The molecule has 0 aliphatic heterocycles. The lowest BCUT2D eigenvalue weighted by molar-refractivity contribution is 0.443. The predicted octanol–water partition coefficient (Wildman–Crippen LogP) is 3.58. The second-order valence-electron chi connectivity index (χ2n) is 6.46. The van der Waals surface area contributed by atoms with E-state index >= 15 is 0 Å². The first-order chi connectivity index (χ1) is 12.1. The van der Waals surface area contributed by atoms with Crippen LogP contribution in [0.1, 0.15) is 43.6 Å². The van der Waals surface area contributed by atoms with Crippen LogP contribution in [-0.4, -0.2) is 23.0 Å². The summed E-state index contributed by atoms with van der Waals surface area (Å²) >= 11 is 0. The maximum Gasteiger partial charge on any atom is 0.262 e. The highest BCUT2D eigenvalue weighted by Crippen LogP contribution is 2.33. The van der Waals surface area contributed by atoms with Crippen LogP contribution in [0.25, 0.3) is 5.65 Å². The van der Waals surface area contributed by atoms with E-state index in [1.54, 1.807) is 30.5 Å². The number of hydrogen-bond acceptors (Lipinski definition) is 4. The maximum atomic E-state index is 12.7. The van der Waals surface area contributed by atoms with Gasteiger partial charge >= 0.3 is 0 Å². The van der Waals surface area contributed by atoms with Gasteiger partial charge in [0.2, 0.25) is 0 Å². The molecule has 1 fully saturated rings. The van der Waals surface area contributed by atoms with E-state index in [9.17, 15) is 8.42 Å². The molecule has 1 saturated carbocycles. The summed E-state index contributed by atoms with van der Waals surface area (Å²) in [5, 5.41) is 4.02. The zero-order chi connectivity index (χ0) is 17.3. The van der Waals surface area contributed by atoms with Gasteiger partial charge in [-0.25, -0.2) is 17.9 Å². The van der Waals surface area contributed by atoms with Crippen LogP contribution in [-0.2, 0) is 10.0 Å². The number of hydrogen-bond donors (Lipinski definition) is 1. The van der Waals surface area contributed by atoms with Crippen LogP contribution in [0, 0.1) is 0 Å². The SMILES string of the molecule is O=S(=O)(Nc1cccn2ncnc12)c1ccc(C2CCCCC2)cc1. The van der Waals surface area contributed by atoms with Crippen molar-refractivity contribution < 1.29 is 8.42 Å². The molecule has 6 nitrogen and oxygen atoms in total. The Hall–Kier alpha value is -2.41. The molecule has 0 atom stereocenters. The van der Waals surface area contributed by atoms with E-state index in [4.69, 9.17) is 0 Å². The first-order valence-electron chi connectivity index (χ1n) is 8.55. The minimum Gasteiger partial charge on any atom is -0.276 e. The molecule has 2 heterocycles. The summed E-state index contributed by atoms with van der Waals surface area (Å²) in [5.41, 5.74) is 2.12. The standard InChI is InChI=1S/C18H20N4O2S/c23-25(24,21-17-7-4-12-22-18(17)19-13-20-22)16-10-8-15(9-11-16)14-5-2-1-3-6-14/h4,7-14,21H,1-3,5-6H2. The molecule has 0 saturated heterocycles. The second-order valence-corrected chi connectivity index (χ2v) is 8.14. The molecule has 1 aliphatic carbocycles. The number of rotatable bonds is 4. The number of anilines is 1. The van der Waals surface area contributed by atoms with Crippen molar-refractivity contribution in [2.45, 2.75) is 42.9 Å². The fraction of sp³-hybridized carbons (Fsp3) is 0.333. The van der Waals surface area contributed by atoms with Crippen LogP contribution in [0.2, 0.25) is 0 Å². The number of sulfonamides is 1. The summed E-state index contributed by atoms with van der Waals surface area (Å²) in [5.74, 6) is 0.559. The van der Waals surface area contributed by atoms with Crippen molar-refractivity contribution in [3.05, 3.63) is 54.5 Å². The average Bonchev–Trinajstić information content (AvgIpc) is 3.12. The summed E-state index contributed by atoms with van der Waals surface area (Å²) in [7, 11) is -3.66. The van der Waals surface area contributed by atoms with Crippen LogP contribution in [0.4, 0.5) is 5.69 Å². The predicted molar refractivity (Wildman–Crippen MR) is 96.1 cm³/mol. The van der Waals surface area contributed by atoms with Crippen molar-refractivity contribution in [2.75, 3.05) is 4.72 Å². The number of nitrogens with one attached hydrogen (secondary N) is 1. The van der Waals surface area contributed by atoms with Crippen LogP contribution in [0.15, 0.2) is 53.8 Å². The van der Waals surface area contributed by atoms with E-state index in [0.29, 0.717) is 17.3 Å². The van der Waals surface area contributed by atoms with Gasteiger partial charge < -0.3 is 0 Å². The van der Waals surface area contributed by atoms with E-state index in [0.717, 1.165) is 0 Å². The largest absolute Gasteiger partial charge is 0.276 e. The Bertz CT molecular complexity index is 974. The molecule has 7 heteroatoms. The number of pyridine rings is 1. The molecule has 4 rings (SSSR count). The lowest BCUT2D eigenvalue weighted by Crippen LogP contribution is -2.14. The molecule has 25 heavy (non-hydrogen) atoms. The molecule has 0 unspecified atom stereocenters.